The van der Waals surface area contributed by atoms with Crippen LogP contribution >= 0.6 is 23.4 Å². The van der Waals surface area contributed by atoms with Crippen LogP contribution in [0.25, 0.3) is 10.9 Å². The van der Waals surface area contributed by atoms with Crippen molar-refractivity contribution in [1.29, 1.82) is 0 Å². The van der Waals surface area contributed by atoms with Gasteiger partial charge in [-0.1, -0.05) is 11.6 Å². The van der Waals surface area contributed by atoms with Crippen LogP contribution in [0.3, 0.4) is 0 Å². The Morgan fingerprint density at radius 3 is 2.94 bits per heavy atom. The second-order valence-corrected chi connectivity index (χ2v) is 5.25. The molecule has 18 heavy (non-hydrogen) atoms. The first kappa shape index (κ1) is 13.1. The van der Waals surface area contributed by atoms with Gasteiger partial charge in [0.25, 0.3) is 0 Å². The second kappa shape index (κ2) is 5.54. The zero-order valence-electron chi connectivity index (χ0n) is 9.68. The van der Waals surface area contributed by atoms with Gasteiger partial charge in [0.1, 0.15) is 10.9 Å². The zero-order valence-corrected chi connectivity index (χ0v) is 11.3. The van der Waals surface area contributed by atoms with Crippen molar-refractivity contribution < 1.29 is 9.90 Å². The van der Waals surface area contributed by atoms with E-state index in [2.05, 4.69) is 9.97 Å². The maximum Gasteiger partial charge on any atom is 0.304 e. The number of halogens is 1. The minimum atomic E-state index is -0.805. The van der Waals surface area contributed by atoms with Gasteiger partial charge in [-0.3, -0.25) is 4.79 Å². The summed E-state index contributed by atoms with van der Waals surface area (Å²) in [7, 11) is 0. The van der Waals surface area contributed by atoms with Gasteiger partial charge in [0.05, 0.1) is 11.9 Å². The molecule has 0 amide bonds. The number of nitrogens with zero attached hydrogens (tertiary/aromatic N) is 2. The van der Waals surface area contributed by atoms with E-state index in [9.17, 15) is 4.79 Å². The first-order chi connectivity index (χ1) is 8.56. The first-order valence-electron chi connectivity index (χ1n) is 5.35. The third-order valence-electron chi connectivity index (χ3n) is 2.29. The van der Waals surface area contributed by atoms with Crippen LogP contribution in [0.5, 0.6) is 0 Å². The molecule has 0 atom stereocenters. The second-order valence-electron chi connectivity index (χ2n) is 3.73. The summed E-state index contributed by atoms with van der Waals surface area (Å²) < 4.78 is 0. The number of hydrogen-bond acceptors (Lipinski definition) is 4. The predicted molar refractivity (Wildman–Crippen MR) is 72.3 cm³/mol. The summed E-state index contributed by atoms with van der Waals surface area (Å²) in [5.74, 6) is 0.340. The Kier molecular flexibility index (Phi) is 4.04. The minimum absolute atomic E-state index is 0.114. The number of carboxylic acids is 1. The molecule has 6 heteroatoms. The van der Waals surface area contributed by atoms with Crippen LogP contribution in [0, 0.1) is 6.92 Å². The van der Waals surface area contributed by atoms with Crippen molar-refractivity contribution in [2.45, 2.75) is 18.4 Å². The van der Waals surface area contributed by atoms with Crippen LogP contribution in [0.4, 0.5) is 0 Å². The van der Waals surface area contributed by atoms with Gasteiger partial charge in [-0.05, 0) is 25.1 Å². The number of hydrogen-bond donors (Lipinski definition) is 1. The molecule has 4 nitrogen and oxygen atoms in total. The Morgan fingerprint density at radius 2 is 2.22 bits per heavy atom. The number of carboxylic acid groups (broad SMARTS) is 1. The van der Waals surface area contributed by atoms with Crippen LogP contribution in [0.2, 0.25) is 5.02 Å². The van der Waals surface area contributed by atoms with Crippen molar-refractivity contribution in [2.24, 2.45) is 0 Å². The number of carbonyl (C=O) groups is 1. The quantitative estimate of drug-likeness (QED) is 0.689. The highest BCUT2D eigenvalue weighted by atomic mass is 35.5. The molecule has 1 aromatic carbocycles. The Hall–Kier alpha value is -1.33. The van der Waals surface area contributed by atoms with Crippen molar-refractivity contribution in [2.75, 3.05) is 5.75 Å². The highest BCUT2D eigenvalue weighted by Gasteiger charge is 2.08. The van der Waals surface area contributed by atoms with E-state index in [0.717, 1.165) is 15.9 Å². The molecule has 0 saturated heterocycles. The molecule has 94 valence electrons. The maximum absolute atomic E-state index is 10.5. The first-order valence-corrected chi connectivity index (χ1v) is 6.71. The van der Waals surface area contributed by atoms with E-state index in [0.29, 0.717) is 16.6 Å². The molecular formula is C12H11ClN2O2S. The lowest BCUT2D eigenvalue weighted by atomic mass is 10.2. The standard InChI is InChI=1S/C12H11ClN2O2S/c1-7-14-10-6-8(13)2-3-9(10)12(15-7)18-5-4-11(16)17/h2-3,6H,4-5H2,1H3,(H,16,17). The topological polar surface area (TPSA) is 63.1 Å². The number of aliphatic carboxylic acids is 1. The average molecular weight is 283 g/mol. The lowest BCUT2D eigenvalue weighted by Crippen LogP contribution is -1.98. The molecule has 0 aliphatic heterocycles. The van der Waals surface area contributed by atoms with E-state index >= 15 is 0 Å². The van der Waals surface area contributed by atoms with Crippen LogP contribution in [0.15, 0.2) is 23.2 Å². The molecule has 0 radical (unpaired) electrons. The SMILES string of the molecule is Cc1nc(SCCC(=O)O)c2ccc(Cl)cc2n1. The van der Waals surface area contributed by atoms with Gasteiger partial charge >= 0.3 is 5.97 Å². The van der Waals surface area contributed by atoms with Crippen molar-refractivity contribution in [3.63, 3.8) is 0 Å². The van der Waals surface area contributed by atoms with Crippen molar-refractivity contribution in [3.05, 3.63) is 29.0 Å². The maximum atomic E-state index is 10.5. The lowest BCUT2D eigenvalue weighted by Gasteiger charge is -2.06. The molecule has 0 fully saturated rings. The van der Waals surface area contributed by atoms with Crippen molar-refractivity contribution in [3.8, 4) is 0 Å². The minimum Gasteiger partial charge on any atom is -0.481 e. The summed E-state index contributed by atoms with van der Waals surface area (Å²) in [4.78, 5) is 19.2. The summed E-state index contributed by atoms with van der Waals surface area (Å²) in [6.45, 7) is 1.81. The van der Waals surface area contributed by atoms with Gasteiger partial charge < -0.3 is 5.11 Å². The van der Waals surface area contributed by atoms with Gasteiger partial charge in [0.2, 0.25) is 0 Å². The number of benzene rings is 1. The Bertz CT molecular complexity index is 599. The monoisotopic (exact) mass is 282 g/mol. The van der Waals surface area contributed by atoms with Gasteiger partial charge in [0, 0.05) is 16.2 Å². The molecule has 2 rings (SSSR count). The van der Waals surface area contributed by atoms with E-state index in [1.807, 2.05) is 13.0 Å². The van der Waals surface area contributed by atoms with Gasteiger partial charge in [-0.15, -0.1) is 11.8 Å². The Balaban J connectivity index is 2.34. The van der Waals surface area contributed by atoms with Gasteiger partial charge in [-0.25, -0.2) is 9.97 Å². The Labute approximate surface area is 113 Å². The number of aromatic nitrogens is 2. The van der Waals surface area contributed by atoms with E-state index < -0.39 is 5.97 Å². The summed E-state index contributed by atoms with van der Waals surface area (Å²) in [5, 5.41) is 11.0. The third kappa shape index (κ3) is 3.11. The third-order valence-corrected chi connectivity index (χ3v) is 3.52. The molecule has 0 aliphatic rings. The fraction of sp³-hybridized carbons (Fsp3) is 0.250. The number of rotatable bonds is 4. The van der Waals surface area contributed by atoms with E-state index in [1.165, 1.54) is 11.8 Å². The molecule has 1 heterocycles. The molecule has 0 aliphatic carbocycles. The van der Waals surface area contributed by atoms with E-state index in [1.54, 1.807) is 12.1 Å². The zero-order chi connectivity index (χ0) is 13.1. The molecule has 0 bridgehead atoms. The molecule has 0 saturated carbocycles. The van der Waals surface area contributed by atoms with Crippen LogP contribution in [0.1, 0.15) is 12.2 Å². The van der Waals surface area contributed by atoms with Crippen molar-refractivity contribution in [1.82, 2.24) is 9.97 Å². The Morgan fingerprint density at radius 1 is 1.44 bits per heavy atom. The lowest BCUT2D eigenvalue weighted by molar-refractivity contribution is -0.136. The fourth-order valence-corrected chi connectivity index (χ4v) is 2.69. The number of aryl methyl sites for hydroxylation is 1. The highest BCUT2D eigenvalue weighted by Crippen LogP contribution is 2.27. The van der Waals surface area contributed by atoms with E-state index in [-0.39, 0.29) is 6.42 Å². The number of thioether (sulfide) groups is 1. The average Bonchev–Trinajstić information content (AvgIpc) is 2.27. The van der Waals surface area contributed by atoms with Gasteiger partial charge in [-0.2, -0.15) is 0 Å². The van der Waals surface area contributed by atoms with Crippen LogP contribution in [-0.4, -0.2) is 26.8 Å². The predicted octanol–water partition coefficient (Wildman–Crippen LogP) is 3.16. The largest absolute Gasteiger partial charge is 0.481 e. The smallest absolute Gasteiger partial charge is 0.304 e. The van der Waals surface area contributed by atoms with Gasteiger partial charge in [0.15, 0.2) is 0 Å². The van der Waals surface area contributed by atoms with Crippen LogP contribution in [-0.2, 0) is 4.79 Å². The normalized spacial score (nSPS) is 10.8. The summed E-state index contributed by atoms with van der Waals surface area (Å²) in [6.07, 6.45) is 0.114. The van der Waals surface area contributed by atoms with E-state index in [4.69, 9.17) is 16.7 Å². The molecule has 1 aromatic heterocycles. The molecule has 2 aromatic rings. The summed E-state index contributed by atoms with van der Waals surface area (Å²) in [5.41, 5.74) is 0.785. The number of fused-ring (bicyclic) bond motifs is 1. The fourth-order valence-electron chi connectivity index (χ4n) is 1.53. The molecule has 1 N–H and O–H groups in total. The summed E-state index contributed by atoms with van der Waals surface area (Å²) >= 11 is 7.35. The molecular weight excluding hydrogens is 272 g/mol. The molecule has 0 unspecified atom stereocenters. The van der Waals surface area contributed by atoms with Crippen molar-refractivity contribution >= 4 is 40.2 Å². The van der Waals surface area contributed by atoms with Crippen LogP contribution < -0.4 is 0 Å². The molecule has 0 spiro atoms. The summed E-state index contributed by atoms with van der Waals surface area (Å²) in [6, 6.07) is 5.43. The highest BCUT2D eigenvalue weighted by molar-refractivity contribution is 7.99.